The Labute approximate surface area is 110 Å². The zero-order chi connectivity index (χ0) is 13.0. The highest BCUT2D eigenvalue weighted by Crippen LogP contribution is 2.25. The van der Waals surface area contributed by atoms with Crippen LogP contribution in [0.5, 0.6) is 0 Å². The lowest BCUT2D eigenvalue weighted by molar-refractivity contribution is -0.125. The smallest absolute Gasteiger partial charge is 0.223 e. The van der Waals surface area contributed by atoms with Crippen LogP contribution in [0.15, 0.2) is 24.3 Å². The van der Waals surface area contributed by atoms with Crippen LogP contribution in [0.1, 0.15) is 56.7 Å². The lowest BCUT2D eigenvalue weighted by atomic mass is 10.0. The van der Waals surface area contributed by atoms with Gasteiger partial charge in [0.1, 0.15) is 0 Å². The summed E-state index contributed by atoms with van der Waals surface area (Å²) in [6, 6.07) is 8.65. The highest BCUT2D eigenvalue weighted by Gasteiger charge is 2.23. The van der Waals surface area contributed by atoms with E-state index < -0.39 is 0 Å². The number of hydrogen-bond acceptors (Lipinski definition) is 1. The quantitative estimate of drug-likeness (QED) is 0.862. The summed E-state index contributed by atoms with van der Waals surface area (Å²) in [4.78, 5) is 12.0. The van der Waals surface area contributed by atoms with Crippen LogP contribution in [0.4, 0.5) is 0 Å². The van der Waals surface area contributed by atoms with E-state index in [-0.39, 0.29) is 17.9 Å². The molecule has 1 amide bonds. The van der Waals surface area contributed by atoms with E-state index in [4.69, 9.17) is 0 Å². The molecule has 0 heterocycles. The summed E-state index contributed by atoms with van der Waals surface area (Å²) in [7, 11) is 0. The molecule has 1 aromatic carbocycles. The fraction of sp³-hybridized carbons (Fsp3) is 0.562. The summed E-state index contributed by atoms with van der Waals surface area (Å²) < 4.78 is 0. The van der Waals surface area contributed by atoms with Crippen molar-refractivity contribution in [2.24, 2.45) is 5.92 Å². The minimum atomic E-state index is 0.115. The molecule has 2 nitrogen and oxygen atoms in total. The van der Waals surface area contributed by atoms with Gasteiger partial charge in [-0.25, -0.2) is 0 Å². The van der Waals surface area contributed by atoms with E-state index >= 15 is 0 Å². The Hall–Kier alpha value is -1.31. The normalized spacial score (nSPS) is 17.7. The predicted octanol–water partition coefficient (Wildman–Crippen LogP) is 3.62. The van der Waals surface area contributed by atoms with E-state index in [0.717, 1.165) is 19.3 Å². The second-order valence-corrected chi connectivity index (χ2v) is 5.31. The Morgan fingerprint density at radius 3 is 2.44 bits per heavy atom. The minimum absolute atomic E-state index is 0.115. The molecule has 2 rings (SSSR count). The largest absolute Gasteiger partial charge is 0.349 e. The van der Waals surface area contributed by atoms with Crippen LogP contribution in [0.3, 0.4) is 0 Å². The summed E-state index contributed by atoms with van der Waals surface area (Å²) in [6.45, 7) is 4.22. The van der Waals surface area contributed by atoms with Gasteiger partial charge in [0.15, 0.2) is 0 Å². The van der Waals surface area contributed by atoms with Crippen molar-refractivity contribution in [3.8, 4) is 0 Å². The molecule has 0 spiro atoms. The molecule has 1 atom stereocenters. The molecule has 2 heteroatoms. The highest BCUT2D eigenvalue weighted by atomic mass is 16.1. The maximum Gasteiger partial charge on any atom is 0.223 e. The predicted molar refractivity (Wildman–Crippen MR) is 74.3 cm³/mol. The number of rotatable bonds is 4. The van der Waals surface area contributed by atoms with Gasteiger partial charge >= 0.3 is 0 Å². The van der Waals surface area contributed by atoms with Gasteiger partial charge in [0, 0.05) is 5.92 Å². The van der Waals surface area contributed by atoms with E-state index in [1.54, 1.807) is 0 Å². The third-order valence-electron chi connectivity index (χ3n) is 3.97. The van der Waals surface area contributed by atoms with Crippen LogP contribution in [0.25, 0.3) is 0 Å². The molecular formula is C16H23NO. The van der Waals surface area contributed by atoms with Gasteiger partial charge in [-0.3, -0.25) is 4.79 Å². The Kier molecular flexibility index (Phi) is 4.40. The Bertz CT molecular complexity index is 390. The molecule has 0 saturated heterocycles. The summed E-state index contributed by atoms with van der Waals surface area (Å²) in [6.07, 6.45) is 5.60. The lowest BCUT2D eigenvalue weighted by Gasteiger charge is -2.17. The monoisotopic (exact) mass is 245 g/mol. The second kappa shape index (κ2) is 6.03. The van der Waals surface area contributed by atoms with E-state index in [1.807, 2.05) is 0 Å². The highest BCUT2D eigenvalue weighted by molar-refractivity contribution is 5.79. The summed E-state index contributed by atoms with van der Waals surface area (Å²) in [5.74, 6) is 0.488. The summed E-state index contributed by atoms with van der Waals surface area (Å²) in [5.41, 5.74) is 2.53. The molecule has 0 aliphatic heterocycles. The number of hydrogen-bond donors (Lipinski definition) is 1. The molecule has 18 heavy (non-hydrogen) atoms. The molecule has 0 bridgehead atoms. The standard InChI is InChI=1S/C16H23NO/c1-3-13-8-10-14(11-9-13)12(2)17-16(18)15-6-4-5-7-15/h8-12,15H,3-7H2,1-2H3,(H,17,18)/t12-/m1/s1. The molecule has 0 unspecified atom stereocenters. The van der Waals surface area contributed by atoms with Crippen LogP contribution < -0.4 is 5.32 Å². The van der Waals surface area contributed by atoms with Crippen LogP contribution in [0, 0.1) is 5.92 Å². The van der Waals surface area contributed by atoms with Gasteiger partial charge in [-0.2, -0.15) is 0 Å². The molecular weight excluding hydrogens is 222 g/mol. The zero-order valence-corrected chi connectivity index (χ0v) is 11.4. The fourth-order valence-electron chi connectivity index (χ4n) is 2.64. The summed E-state index contributed by atoms with van der Waals surface area (Å²) >= 11 is 0. The number of amides is 1. The molecule has 1 fully saturated rings. The third kappa shape index (κ3) is 3.12. The SMILES string of the molecule is CCc1ccc([C@@H](C)NC(=O)C2CCCC2)cc1. The van der Waals surface area contributed by atoms with Crippen LogP contribution in [-0.2, 0) is 11.2 Å². The maximum atomic E-state index is 12.0. The van der Waals surface area contributed by atoms with E-state index in [0.29, 0.717) is 0 Å². The van der Waals surface area contributed by atoms with Crippen molar-refractivity contribution in [1.82, 2.24) is 5.32 Å². The Morgan fingerprint density at radius 1 is 1.28 bits per heavy atom. The molecule has 1 N–H and O–H groups in total. The molecule has 0 radical (unpaired) electrons. The van der Waals surface area contributed by atoms with E-state index in [2.05, 4.69) is 43.4 Å². The van der Waals surface area contributed by atoms with Gasteiger partial charge in [0.05, 0.1) is 6.04 Å². The van der Waals surface area contributed by atoms with Crippen LogP contribution in [-0.4, -0.2) is 5.91 Å². The number of carbonyl (C=O) groups excluding carboxylic acids is 1. The van der Waals surface area contributed by atoms with Gasteiger partial charge in [0.25, 0.3) is 0 Å². The van der Waals surface area contributed by atoms with Crippen molar-refractivity contribution in [2.75, 3.05) is 0 Å². The molecule has 1 aliphatic rings. The average molecular weight is 245 g/mol. The first-order valence-electron chi connectivity index (χ1n) is 7.10. The molecule has 1 aromatic rings. The van der Waals surface area contributed by atoms with Crippen molar-refractivity contribution in [2.45, 2.75) is 52.0 Å². The molecule has 0 aromatic heterocycles. The van der Waals surface area contributed by atoms with Crippen molar-refractivity contribution >= 4 is 5.91 Å². The first-order valence-corrected chi connectivity index (χ1v) is 7.10. The van der Waals surface area contributed by atoms with Gasteiger partial charge < -0.3 is 5.32 Å². The number of aryl methyl sites for hydroxylation is 1. The Morgan fingerprint density at radius 2 is 1.89 bits per heavy atom. The first-order chi connectivity index (χ1) is 8.70. The topological polar surface area (TPSA) is 29.1 Å². The number of benzene rings is 1. The van der Waals surface area contributed by atoms with Gasteiger partial charge in [-0.15, -0.1) is 0 Å². The Balaban J connectivity index is 1.93. The van der Waals surface area contributed by atoms with Gasteiger partial charge in [-0.05, 0) is 37.3 Å². The van der Waals surface area contributed by atoms with Gasteiger partial charge in [-0.1, -0.05) is 44.0 Å². The van der Waals surface area contributed by atoms with Crippen molar-refractivity contribution in [3.05, 3.63) is 35.4 Å². The fourth-order valence-corrected chi connectivity index (χ4v) is 2.64. The zero-order valence-electron chi connectivity index (χ0n) is 11.4. The maximum absolute atomic E-state index is 12.0. The average Bonchev–Trinajstić information content (AvgIpc) is 2.92. The van der Waals surface area contributed by atoms with Crippen molar-refractivity contribution in [3.63, 3.8) is 0 Å². The minimum Gasteiger partial charge on any atom is -0.349 e. The van der Waals surface area contributed by atoms with Gasteiger partial charge in [0.2, 0.25) is 5.91 Å². The third-order valence-corrected chi connectivity index (χ3v) is 3.97. The summed E-state index contributed by atoms with van der Waals surface area (Å²) in [5, 5.41) is 3.14. The molecule has 98 valence electrons. The van der Waals surface area contributed by atoms with E-state index in [1.165, 1.54) is 24.0 Å². The number of carbonyl (C=O) groups is 1. The second-order valence-electron chi connectivity index (χ2n) is 5.31. The molecule has 1 aliphatic carbocycles. The van der Waals surface area contributed by atoms with Crippen LogP contribution >= 0.6 is 0 Å². The first kappa shape index (κ1) is 13.1. The van der Waals surface area contributed by atoms with E-state index in [9.17, 15) is 4.79 Å². The number of nitrogens with one attached hydrogen (secondary N) is 1. The van der Waals surface area contributed by atoms with Crippen molar-refractivity contribution < 1.29 is 4.79 Å². The lowest BCUT2D eigenvalue weighted by Crippen LogP contribution is -2.31. The van der Waals surface area contributed by atoms with Crippen molar-refractivity contribution in [1.29, 1.82) is 0 Å². The van der Waals surface area contributed by atoms with Crippen LogP contribution in [0.2, 0.25) is 0 Å². The molecule has 1 saturated carbocycles.